The Bertz CT molecular complexity index is 599. The summed E-state index contributed by atoms with van der Waals surface area (Å²) >= 11 is 0. The lowest BCUT2D eigenvalue weighted by Gasteiger charge is -2.38. The largest absolute Gasteiger partial charge is 0.396 e. The van der Waals surface area contributed by atoms with Crippen LogP contribution >= 0.6 is 7.26 Å². The Labute approximate surface area is 132 Å². The fourth-order valence-corrected chi connectivity index (χ4v) is 7.04. The van der Waals surface area contributed by atoms with Crippen molar-refractivity contribution in [2.24, 2.45) is 0 Å². The standard InChI is InChI=1S/C20H20OP/c21-16-17-22(18-10-4-1-5-11-18,19-12-6-2-7-13-19)20-14-8-3-9-15-20/h1-15,21H,16-17H2. The zero-order chi connectivity index (χ0) is 15.3. The number of aliphatic hydroxyl groups excluding tert-OH is 1. The lowest BCUT2D eigenvalue weighted by Crippen LogP contribution is -2.34. The molecule has 0 saturated carbocycles. The van der Waals surface area contributed by atoms with Gasteiger partial charge in [-0.25, -0.2) is 0 Å². The van der Waals surface area contributed by atoms with Crippen molar-refractivity contribution in [3.8, 4) is 0 Å². The van der Waals surface area contributed by atoms with E-state index in [-0.39, 0.29) is 6.61 Å². The van der Waals surface area contributed by atoms with Crippen molar-refractivity contribution < 1.29 is 5.11 Å². The molecule has 2 heteroatoms. The van der Waals surface area contributed by atoms with Gasteiger partial charge in [-0.15, -0.1) is 0 Å². The summed E-state index contributed by atoms with van der Waals surface area (Å²) in [5.41, 5.74) is 0. The molecule has 3 rings (SSSR count). The highest BCUT2D eigenvalue weighted by Crippen LogP contribution is 2.54. The van der Waals surface area contributed by atoms with Crippen molar-refractivity contribution in [2.45, 2.75) is 0 Å². The van der Waals surface area contributed by atoms with E-state index in [1.807, 2.05) is 18.2 Å². The molecule has 22 heavy (non-hydrogen) atoms. The van der Waals surface area contributed by atoms with Crippen molar-refractivity contribution in [3.05, 3.63) is 91.0 Å². The predicted molar refractivity (Wildman–Crippen MR) is 97.1 cm³/mol. The van der Waals surface area contributed by atoms with Gasteiger partial charge in [0.1, 0.15) is 0 Å². The van der Waals surface area contributed by atoms with Gasteiger partial charge in [0.2, 0.25) is 0 Å². The van der Waals surface area contributed by atoms with E-state index in [9.17, 15) is 5.11 Å². The van der Waals surface area contributed by atoms with Crippen LogP contribution in [0.15, 0.2) is 91.0 Å². The molecule has 0 saturated heterocycles. The molecule has 0 fully saturated rings. The van der Waals surface area contributed by atoms with Crippen LogP contribution in [0.4, 0.5) is 0 Å². The van der Waals surface area contributed by atoms with E-state index in [0.29, 0.717) is 0 Å². The van der Waals surface area contributed by atoms with Crippen molar-refractivity contribution in [1.82, 2.24) is 0 Å². The van der Waals surface area contributed by atoms with Gasteiger partial charge < -0.3 is 5.11 Å². The molecule has 0 heterocycles. The lowest BCUT2D eigenvalue weighted by molar-refractivity contribution is 0.321. The van der Waals surface area contributed by atoms with Crippen molar-refractivity contribution >= 4 is 23.2 Å². The third-order valence-corrected chi connectivity index (χ3v) is 8.44. The van der Waals surface area contributed by atoms with Crippen LogP contribution < -0.4 is 15.9 Å². The average molecular weight is 307 g/mol. The molecule has 0 aromatic heterocycles. The zero-order valence-corrected chi connectivity index (χ0v) is 13.4. The first-order valence-corrected chi connectivity index (χ1v) is 9.51. The summed E-state index contributed by atoms with van der Waals surface area (Å²) in [6.07, 6.45) is 0.769. The van der Waals surface area contributed by atoms with Gasteiger partial charge in [0.25, 0.3) is 0 Å². The molecule has 0 unspecified atom stereocenters. The minimum atomic E-state index is -1.80. The van der Waals surface area contributed by atoms with Gasteiger partial charge in [-0.2, -0.15) is 0 Å². The summed E-state index contributed by atoms with van der Waals surface area (Å²) in [6.45, 7) is 0.187. The molecular formula is C20H20OP. The summed E-state index contributed by atoms with van der Waals surface area (Å²) in [4.78, 5) is 0. The fraction of sp³-hybridized carbons (Fsp3) is 0.100. The van der Waals surface area contributed by atoms with Crippen LogP contribution in [0.5, 0.6) is 0 Å². The summed E-state index contributed by atoms with van der Waals surface area (Å²) in [5, 5.41) is 13.8. The smallest absolute Gasteiger partial charge is 0.0476 e. The highest BCUT2D eigenvalue weighted by Gasteiger charge is 2.32. The first-order chi connectivity index (χ1) is 10.9. The van der Waals surface area contributed by atoms with Crippen LogP contribution in [0.25, 0.3) is 0 Å². The SMILES string of the molecule is OCC[P](c1ccccc1)(c1ccccc1)c1ccccc1. The van der Waals surface area contributed by atoms with Gasteiger partial charge in [0.05, 0.1) is 0 Å². The van der Waals surface area contributed by atoms with Gasteiger partial charge in [-0.1, -0.05) is 91.0 Å². The first-order valence-electron chi connectivity index (χ1n) is 7.54. The highest BCUT2D eigenvalue weighted by molar-refractivity contribution is 7.95. The molecule has 0 spiro atoms. The molecule has 3 aromatic carbocycles. The van der Waals surface area contributed by atoms with E-state index in [2.05, 4.69) is 72.8 Å². The van der Waals surface area contributed by atoms with Crippen LogP contribution in [-0.2, 0) is 0 Å². The molecule has 0 aliphatic rings. The minimum Gasteiger partial charge on any atom is -0.396 e. The summed E-state index contributed by atoms with van der Waals surface area (Å²) in [7, 11) is -1.80. The Morgan fingerprint density at radius 1 is 0.545 bits per heavy atom. The molecule has 0 aliphatic carbocycles. The second-order valence-electron chi connectivity index (χ2n) is 5.26. The number of benzene rings is 3. The summed E-state index contributed by atoms with van der Waals surface area (Å²) in [6, 6.07) is 31.9. The second kappa shape index (κ2) is 6.87. The van der Waals surface area contributed by atoms with Gasteiger partial charge >= 0.3 is 0 Å². The molecule has 0 aliphatic heterocycles. The monoisotopic (exact) mass is 307 g/mol. The number of rotatable bonds is 5. The van der Waals surface area contributed by atoms with Gasteiger partial charge in [-0.05, 0) is 29.3 Å². The quantitative estimate of drug-likeness (QED) is 0.719. The van der Waals surface area contributed by atoms with Gasteiger partial charge in [0, 0.05) is 6.61 Å². The van der Waals surface area contributed by atoms with E-state index in [0.717, 1.165) is 6.16 Å². The molecule has 1 nitrogen and oxygen atoms in total. The molecular weight excluding hydrogens is 287 g/mol. The number of hydrogen-bond donors (Lipinski definition) is 1. The molecule has 0 atom stereocenters. The van der Waals surface area contributed by atoms with Crippen LogP contribution in [0.3, 0.4) is 0 Å². The Balaban J connectivity index is 2.29. The topological polar surface area (TPSA) is 20.2 Å². The highest BCUT2D eigenvalue weighted by atomic mass is 31.2. The molecule has 0 amide bonds. The molecule has 1 radical (unpaired) electrons. The van der Waals surface area contributed by atoms with E-state index >= 15 is 0 Å². The number of hydrogen-bond acceptors (Lipinski definition) is 1. The Morgan fingerprint density at radius 2 is 0.864 bits per heavy atom. The Hall–Kier alpha value is -1.95. The normalized spacial score (nSPS) is 11.3. The van der Waals surface area contributed by atoms with E-state index < -0.39 is 7.26 Å². The Morgan fingerprint density at radius 3 is 1.14 bits per heavy atom. The average Bonchev–Trinajstić information content (AvgIpc) is 2.62. The third kappa shape index (κ3) is 2.70. The van der Waals surface area contributed by atoms with Crippen LogP contribution in [0, 0.1) is 0 Å². The second-order valence-corrected chi connectivity index (χ2v) is 8.88. The van der Waals surface area contributed by atoms with Crippen LogP contribution in [0.1, 0.15) is 0 Å². The van der Waals surface area contributed by atoms with Crippen molar-refractivity contribution in [1.29, 1.82) is 0 Å². The first kappa shape index (κ1) is 15.0. The van der Waals surface area contributed by atoms with E-state index in [1.54, 1.807) is 0 Å². The van der Waals surface area contributed by atoms with Crippen LogP contribution in [0.2, 0.25) is 0 Å². The van der Waals surface area contributed by atoms with Crippen molar-refractivity contribution in [3.63, 3.8) is 0 Å². The molecule has 0 bridgehead atoms. The lowest BCUT2D eigenvalue weighted by atomic mass is 10.4. The summed E-state index contributed by atoms with van der Waals surface area (Å²) < 4.78 is 0. The maximum Gasteiger partial charge on any atom is 0.0476 e. The number of aliphatic hydroxyl groups is 1. The zero-order valence-electron chi connectivity index (χ0n) is 12.5. The summed E-state index contributed by atoms with van der Waals surface area (Å²) in [5.74, 6) is 0. The van der Waals surface area contributed by atoms with E-state index in [1.165, 1.54) is 15.9 Å². The maximum atomic E-state index is 9.81. The molecule has 1 N–H and O–H groups in total. The third-order valence-electron chi connectivity index (χ3n) is 4.03. The Kier molecular flexibility index (Phi) is 4.68. The van der Waals surface area contributed by atoms with Crippen molar-refractivity contribution in [2.75, 3.05) is 12.8 Å². The van der Waals surface area contributed by atoms with Gasteiger partial charge in [-0.3, -0.25) is 0 Å². The molecule has 3 aromatic rings. The predicted octanol–water partition coefficient (Wildman–Crippen LogP) is 2.97. The minimum absolute atomic E-state index is 0.187. The van der Waals surface area contributed by atoms with Crippen LogP contribution in [-0.4, -0.2) is 17.9 Å². The van der Waals surface area contributed by atoms with Gasteiger partial charge in [0.15, 0.2) is 0 Å². The maximum absolute atomic E-state index is 9.81. The molecule has 111 valence electrons. The fourth-order valence-electron chi connectivity index (χ4n) is 3.03. The van der Waals surface area contributed by atoms with E-state index in [4.69, 9.17) is 0 Å².